The van der Waals surface area contributed by atoms with E-state index in [-0.39, 0.29) is 17.0 Å². The van der Waals surface area contributed by atoms with E-state index in [0.717, 1.165) is 0 Å². The Labute approximate surface area is 118 Å². The number of benzene rings is 1. The van der Waals surface area contributed by atoms with Crippen LogP contribution in [0.4, 0.5) is 0 Å². The van der Waals surface area contributed by atoms with Crippen LogP contribution in [-0.2, 0) is 16.6 Å². The van der Waals surface area contributed by atoms with Gasteiger partial charge in [-0.05, 0) is 24.3 Å². The van der Waals surface area contributed by atoms with Gasteiger partial charge in [0, 0.05) is 16.7 Å². The van der Waals surface area contributed by atoms with E-state index in [4.69, 9.17) is 10.4 Å². The van der Waals surface area contributed by atoms with Crippen molar-refractivity contribution in [2.75, 3.05) is 0 Å². The molecule has 6 heteroatoms. The lowest BCUT2D eigenvalue weighted by atomic mass is 10.2. The molecule has 1 aromatic heterocycles. The second kappa shape index (κ2) is 6.08. The third-order valence-electron chi connectivity index (χ3n) is 2.63. The maximum absolute atomic E-state index is 12.2. The van der Waals surface area contributed by atoms with E-state index in [0.29, 0.717) is 10.5 Å². The molecule has 100 valence electrons. The van der Waals surface area contributed by atoms with Gasteiger partial charge < -0.3 is 5.11 Å². The number of aromatic nitrogens is 1. The van der Waals surface area contributed by atoms with Crippen molar-refractivity contribution in [1.29, 1.82) is 5.26 Å². The van der Waals surface area contributed by atoms with Gasteiger partial charge in [-0.15, -0.1) is 0 Å². The van der Waals surface area contributed by atoms with Gasteiger partial charge in [-0.3, -0.25) is 4.21 Å². The molecule has 0 aliphatic rings. The van der Waals surface area contributed by atoms with Gasteiger partial charge in [-0.1, -0.05) is 12.1 Å². The number of pyridine rings is 1. The van der Waals surface area contributed by atoms with Crippen molar-refractivity contribution in [2.24, 2.45) is 0 Å². The normalized spacial score (nSPS) is 11.6. The number of hydrogen-bond acceptors (Lipinski definition) is 4. The minimum Gasteiger partial charge on any atom is -0.478 e. The summed E-state index contributed by atoms with van der Waals surface area (Å²) in [7, 11) is -1.43. The number of carboxylic acid groups (broad SMARTS) is 1. The molecule has 0 bridgehead atoms. The predicted octanol–water partition coefficient (Wildman–Crippen LogP) is 1.96. The summed E-state index contributed by atoms with van der Waals surface area (Å²) in [6.45, 7) is 0. The van der Waals surface area contributed by atoms with Gasteiger partial charge in [0.1, 0.15) is 11.8 Å². The number of hydrogen-bond donors (Lipinski definition) is 1. The first-order valence-electron chi connectivity index (χ1n) is 5.67. The molecule has 1 N–H and O–H groups in total. The van der Waals surface area contributed by atoms with Crippen LogP contribution in [0.5, 0.6) is 0 Å². The van der Waals surface area contributed by atoms with Gasteiger partial charge >= 0.3 is 5.97 Å². The first kappa shape index (κ1) is 13.9. The molecule has 0 saturated heterocycles. The van der Waals surface area contributed by atoms with E-state index in [2.05, 4.69) is 4.98 Å². The third kappa shape index (κ3) is 3.08. The fourth-order valence-corrected chi connectivity index (χ4v) is 2.82. The Morgan fingerprint density at radius 1 is 1.35 bits per heavy atom. The monoisotopic (exact) mass is 286 g/mol. The van der Waals surface area contributed by atoms with E-state index in [1.54, 1.807) is 24.3 Å². The van der Waals surface area contributed by atoms with E-state index in [1.165, 1.54) is 18.3 Å². The van der Waals surface area contributed by atoms with Crippen molar-refractivity contribution in [2.45, 2.75) is 10.6 Å². The summed E-state index contributed by atoms with van der Waals surface area (Å²) in [6.07, 6.45) is 1.50. The summed E-state index contributed by atoms with van der Waals surface area (Å²) in [5.74, 6) is -0.942. The van der Waals surface area contributed by atoms with E-state index in [1.807, 2.05) is 6.07 Å². The summed E-state index contributed by atoms with van der Waals surface area (Å²) in [5, 5.41) is 17.8. The number of rotatable bonds is 4. The quantitative estimate of drug-likeness (QED) is 0.927. The average molecular weight is 286 g/mol. The van der Waals surface area contributed by atoms with E-state index >= 15 is 0 Å². The Morgan fingerprint density at radius 3 is 2.85 bits per heavy atom. The lowest BCUT2D eigenvalue weighted by Gasteiger charge is -2.04. The molecule has 2 rings (SSSR count). The molecule has 1 heterocycles. The number of nitriles is 1. The predicted molar refractivity (Wildman–Crippen MR) is 72.5 cm³/mol. The van der Waals surface area contributed by atoms with E-state index in [9.17, 15) is 9.00 Å². The van der Waals surface area contributed by atoms with Crippen molar-refractivity contribution < 1.29 is 14.1 Å². The van der Waals surface area contributed by atoms with Crippen LogP contribution in [0.25, 0.3) is 0 Å². The van der Waals surface area contributed by atoms with Gasteiger partial charge in [0.15, 0.2) is 0 Å². The molecule has 0 saturated carbocycles. The highest BCUT2D eigenvalue weighted by atomic mass is 32.2. The smallest absolute Gasteiger partial charge is 0.335 e. The molecule has 1 atom stereocenters. The Kier molecular flexibility index (Phi) is 4.23. The minimum atomic E-state index is -1.43. The van der Waals surface area contributed by atoms with Crippen LogP contribution in [0.3, 0.4) is 0 Å². The summed E-state index contributed by atoms with van der Waals surface area (Å²) in [4.78, 5) is 15.2. The van der Waals surface area contributed by atoms with Gasteiger partial charge in [-0.25, -0.2) is 9.78 Å². The maximum Gasteiger partial charge on any atom is 0.335 e. The van der Waals surface area contributed by atoms with Gasteiger partial charge in [0.2, 0.25) is 0 Å². The Balaban J connectivity index is 2.27. The standard InChI is InChI=1S/C14H10N2O3S/c15-8-13-11(4-2-6-16-13)9-20(19)12-5-1-3-10(7-12)14(17)18/h1-7H,9H2,(H,17,18). The van der Waals surface area contributed by atoms with Crippen LogP contribution in [-0.4, -0.2) is 20.3 Å². The summed E-state index contributed by atoms with van der Waals surface area (Å²) in [6, 6.07) is 11.3. The van der Waals surface area contributed by atoms with Crippen molar-refractivity contribution >= 4 is 16.8 Å². The van der Waals surface area contributed by atoms with Crippen LogP contribution in [0.15, 0.2) is 47.5 Å². The SMILES string of the molecule is N#Cc1ncccc1CS(=O)c1cccc(C(=O)O)c1. The second-order valence-electron chi connectivity index (χ2n) is 3.95. The van der Waals surface area contributed by atoms with Gasteiger partial charge in [0.25, 0.3) is 0 Å². The third-order valence-corrected chi connectivity index (χ3v) is 3.98. The molecular formula is C14H10N2O3S. The van der Waals surface area contributed by atoms with Gasteiger partial charge in [-0.2, -0.15) is 5.26 Å². The van der Waals surface area contributed by atoms with Crippen LogP contribution in [0.2, 0.25) is 0 Å². The van der Waals surface area contributed by atoms with Crippen molar-refractivity contribution in [3.8, 4) is 6.07 Å². The van der Waals surface area contributed by atoms with Crippen LogP contribution >= 0.6 is 0 Å². The highest BCUT2D eigenvalue weighted by Crippen LogP contribution is 2.15. The first-order chi connectivity index (χ1) is 9.61. The summed E-state index contributed by atoms with van der Waals surface area (Å²) < 4.78 is 12.2. The van der Waals surface area contributed by atoms with Crippen LogP contribution in [0, 0.1) is 11.3 Å². The second-order valence-corrected chi connectivity index (χ2v) is 5.40. The lowest BCUT2D eigenvalue weighted by Crippen LogP contribution is -2.02. The molecule has 5 nitrogen and oxygen atoms in total. The summed E-state index contributed by atoms with van der Waals surface area (Å²) >= 11 is 0. The largest absolute Gasteiger partial charge is 0.478 e. The zero-order valence-corrected chi connectivity index (χ0v) is 11.1. The molecule has 0 amide bonds. The molecule has 0 fully saturated rings. The fourth-order valence-electron chi connectivity index (χ4n) is 1.65. The Morgan fingerprint density at radius 2 is 2.15 bits per heavy atom. The molecule has 1 unspecified atom stereocenters. The van der Waals surface area contributed by atoms with E-state index < -0.39 is 16.8 Å². The molecule has 2 aromatic rings. The van der Waals surface area contributed by atoms with Crippen molar-refractivity contribution in [3.05, 3.63) is 59.4 Å². The van der Waals surface area contributed by atoms with Gasteiger partial charge in [0.05, 0.1) is 22.1 Å². The molecule has 20 heavy (non-hydrogen) atoms. The van der Waals surface area contributed by atoms with Crippen molar-refractivity contribution in [3.63, 3.8) is 0 Å². The molecule has 0 aliphatic heterocycles. The Hall–Kier alpha value is -2.52. The first-order valence-corrected chi connectivity index (χ1v) is 6.99. The maximum atomic E-state index is 12.2. The molecule has 0 aliphatic carbocycles. The molecular weight excluding hydrogens is 276 g/mol. The number of carbonyl (C=O) groups is 1. The molecule has 0 radical (unpaired) electrons. The Bertz CT molecular complexity index is 722. The lowest BCUT2D eigenvalue weighted by molar-refractivity contribution is 0.0696. The number of carboxylic acids is 1. The highest BCUT2D eigenvalue weighted by Gasteiger charge is 2.11. The number of nitrogens with zero attached hydrogens (tertiary/aromatic N) is 2. The van der Waals surface area contributed by atoms with Crippen LogP contribution < -0.4 is 0 Å². The average Bonchev–Trinajstić information content (AvgIpc) is 2.48. The topological polar surface area (TPSA) is 91.0 Å². The zero-order chi connectivity index (χ0) is 14.5. The number of aromatic carboxylic acids is 1. The minimum absolute atomic E-state index is 0.0857. The van der Waals surface area contributed by atoms with Crippen LogP contribution in [0.1, 0.15) is 21.6 Å². The molecule has 0 spiro atoms. The fraction of sp³-hybridized carbons (Fsp3) is 0.0714. The highest BCUT2D eigenvalue weighted by molar-refractivity contribution is 7.84. The van der Waals surface area contributed by atoms with Crippen molar-refractivity contribution in [1.82, 2.24) is 4.98 Å². The molecule has 1 aromatic carbocycles. The summed E-state index contributed by atoms with van der Waals surface area (Å²) in [5.41, 5.74) is 0.895. The zero-order valence-electron chi connectivity index (χ0n) is 10.3.